The zero-order chi connectivity index (χ0) is 14.3. The van der Waals surface area contributed by atoms with Crippen molar-refractivity contribution in [3.63, 3.8) is 0 Å². The molecule has 0 aliphatic carbocycles. The Morgan fingerprint density at radius 2 is 1.79 bits per heavy atom. The number of anilines is 2. The zero-order valence-electron chi connectivity index (χ0n) is 9.68. The van der Waals surface area contributed by atoms with Gasteiger partial charge in [0.25, 0.3) is 10.9 Å². The summed E-state index contributed by atoms with van der Waals surface area (Å²) in [4.78, 5) is 22.1. The average Bonchev–Trinajstić information content (AvgIpc) is 2.41. The number of hydrogen-bond acceptors (Lipinski definition) is 9. The van der Waals surface area contributed by atoms with E-state index in [9.17, 15) is 24.9 Å². The van der Waals surface area contributed by atoms with Gasteiger partial charge in [0.15, 0.2) is 6.29 Å². The molecule has 0 bridgehead atoms. The van der Waals surface area contributed by atoms with Crippen LogP contribution in [0.15, 0.2) is 9.59 Å². The van der Waals surface area contributed by atoms with Crippen LogP contribution < -0.4 is 21.9 Å². The van der Waals surface area contributed by atoms with Crippen molar-refractivity contribution < 1.29 is 25.2 Å². The Labute approximate surface area is 106 Å². The molecule has 0 radical (unpaired) electrons. The van der Waals surface area contributed by atoms with Crippen molar-refractivity contribution in [1.29, 1.82) is 0 Å². The first-order chi connectivity index (χ1) is 8.88. The number of ether oxygens (including phenoxy) is 1. The molecule has 1 aromatic carbocycles. The zero-order valence-corrected chi connectivity index (χ0v) is 9.68. The van der Waals surface area contributed by atoms with Crippen LogP contribution in [0.25, 0.3) is 0 Å². The van der Waals surface area contributed by atoms with Gasteiger partial charge in [-0.3, -0.25) is 9.59 Å². The number of nitrogens with one attached hydrogen (secondary N) is 1. The molecule has 0 amide bonds. The lowest BCUT2D eigenvalue weighted by atomic mass is 9.96. The van der Waals surface area contributed by atoms with Crippen LogP contribution in [0, 0.1) is 0 Å². The van der Waals surface area contributed by atoms with Crippen LogP contribution in [0.1, 0.15) is 0 Å². The summed E-state index contributed by atoms with van der Waals surface area (Å²) >= 11 is 0. The van der Waals surface area contributed by atoms with Gasteiger partial charge in [0.1, 0.15) is 35.7 Å². The Balaban J connectivity index is 2.17. The van der Waals surface area contributed by atoms with Crippen molar-refractivity contribution in [2.75, 3.05) is 17.7 Å². The van der Waals surface area contributed by atoms with Gasteiger partial charge in [-0.2, -0.15) is 0 Å². The highest BCUT2D eigenvalue weighted by atomic mass is 16.6. The van der Waals surface area contributed by atoms with Crippen LogP contribution in [0.4, 0.5) is 11.4 Å². The molecule has 0 saturated carbocycles. The van der Waals surface area contributed by atoms with Crippen molar-refractivity contribution >= 4 is 11.4 Å². The number of nitrogen functional groups attached to an aromatic ring is 1. The van der Waals surface area contributed by atoms with E-state index in [0.717, 1.165) is 0 Å². The van der Waals surface area contributed by atoms with Crippen molar-refractivity contribution in [2.24, 2.45) is 0 Å². The van der Waals surface area contributed by atoms with E-state index in [2.05, 4.69) is 5.32 Å². The molecule has 106 valence electrons. The standard InChI is InChI=1S/C10H14N2O7/c11-3-4(8(16)7(3)15)12-5-9(17)6(14)2(1-13)19-10(5)18/h2,5-6,9-10,12-14,17-18H,1,11H2/t2-,5-,6+,9-,10?/m1/s1. The van der Waals surface area contributed by atoms with E-state index >= 15 is 0 Å². The van der Waals surface area contributed by atoms with Crippen molar-refractivity contribution in [1.82, 2.24) is 0 Å². The van der Waals surface area contributed by atoms with Crippen LogP contribution in [-0.4, -0.2) is 57.7 Å². The predicted octanol–water partition coefficient (Wildman–Crippen LogP) is -3.92. The molecule has 2 rings (SSSR count). The van der Waals surface area contributed by atoms with E-state index in [4.69, 9.17) is 15.6 Å². The van der Waals surface area contributed by atoms with E-state index in [-0.39, 0.29) is 11.4 Å². The summed E-state index contributed by atoms with van der Waals surface area (Å²) < 4.78 is 4.87. The fraction of sp³-hybridized carbons (Fsp3) is 0.600. The number of nitrogens with two attached hydrogens (primary N) is 1. The molecule has 1 saturated heterocycles. The van der Waals surface area contributed by atoms with Crippen molar-refractivity contribution in [3.8, 4) is 0 Å². The van der Waals surface area contributed by atoms with Crippen LogP contribution in [0.3, 0.4) is 0 Å². The molecule has 1 aliphatic rings. The van der Waals surface area contributed by atoms with Crippen LogP contribution in [0.5, 0.6) is 0 Å². The average molecular weight is 274 g/mol. The molecule has 1 unspecified atom stereocenters. The molecule has 1 fully saturated rings. The first-order valence-electron chi connectivity index (χ1n) is 5.54. The molecule has 0 aromatic heterocycles. The SMILES string of the molecule is Nc1c(N[C@H]2C(O)O[C@H](CO)[C@H](O)[C@@H]2O)c(=O)c1=O. The van der Waals surface area contributed by atoms with Crippen LogP contribution in [-0.2, 0) is 4.74 Å². The van der Waals surface area contributed by atoms with Crippen LogP contribution in [0.2, 0.25) is 0 Å². The molecule has 0 spiro atoms. The number of hydrogen-bond donors (Lipinski definition) is 6. The number of rotatable bonds is 3. The molecular formula is C10H14N2O7. The maximum Gasteiger partial charge on any atom is 0.253 e. The molecule has 1 heterocycles. The number of aliphatic hydroxyl groups excluding tert-OH is 4. The van der Waals surface area contributed by atoms with Gasteiger partial charge in [-0.1, -0.05) is 0 Å². The molecule has 19 heavy (non-hydrogen) atoms. The van der Waals surface area contributed by atoms with Gasteiger partial charge in [-0.25, -0.2) is 0 Å². The third-order valence-corrected chi connectivity index (χ3v) is 3.16. The Bertz CT molecular complexity index is 538. The minimum absolute atomic E-state index is 0.230. The lowest BCUT2D eigenvalue weighted by Crippen LogP contribution is -2.61. The second-order valence-electron chi connectivity index (χ2n) is 4.35. The van der Waals surface area contributed by atoms with E-state index in [0.29, 0.717) is 0 Å². The molecule has 9 heteroatoms. The Morgan fingerprint density at radius 1 is 1.16 bits per heavy atom. The maximum atomic E-state index is 11.2. The first kappa shape index (κ1) is 13.9. The molecule has 9 nitrogen and oxygen atoms in total. The Kier molecular flexibility index (Phi) is 3.56. The summed E-state index contributed by atoms with van der Waals surface area (Å²) in [7, 11) is 0. The van der Waals surface area contributed by atoms with E-state index in [1.165, 1.54) is 0 Å². The topological polar surface area (TPSA) is 162 Å². The third-order valence-electron chi connectivity index (χ3n) is 3.16. The summed E-state index contributed by atoms with van der Waals surface area (Å²) in [6, 6.07) is -1.25. The minimum atomic E-state index is -1.58. The van der Waals surface area contributed by atoms with E-state index < -0.39 is 48.1 Å². The number of aliphatic hydroxyl groups is 4. The second kappa shape index (κ2) is 4.87. The quantitative estimate of drug-likeness (QED) is 0.302. The molecule has 1 aromatic rings. The highest BCUT2D eigenvalue weighted by molar-refractivity contribution is 5.71. The van der Waals surface area contributed by atoms with E-state index in [1.54, 1.807) is 0 Å². The minimum Gasteiger partial charge on any atom is -0.394 e. The summed E-state index contributed by atoms with van der Waals surface area (Å²) in [5.41, 5.74) is 3.05. The molecule has 5 atom stereocenters. The lowest BCUT2D eigenvalue weighted by Gasteiger charge is -2.40. The van der Waals surface area contributed by atoms with Crippen molar-refractivity contribution in [2.45, 2.75) is 30.6 Å². The first-order valence-corrected chi connectivity index (χ1v) is 5.54. The highest BCUT2D eigenvalue weighted by Crippen LogP contribution is 2.23. The van der Waals surface area contributed by atoms with Gasteiger partial charge in [0, 0.05) is 0 Å². The summed E-state index contributed by atoms with van der Waals surface area (Å²) in [5.74, 6) is 0. The van der Waals surface area contributed by atoms with Gasteiger partial charge in [-0.05, 0) is 0 Å². The highest BCUT2D eigenvalue weighted by Gasteiger charge is 2.44. The van der Waals surface area contributed by atoms with Gasteiger partial charge < -0.3 is 36.2 Å². The fourth-order valence-electron chi connectivity index (χ4n) is 1.97. The Hall–Kier alpha value is -1.52. The van der Waals surface area contributed by atoms with Crippen molar-refractivity contribution in [3.05, 3.63) is 20.4 Å². The maximum absolute atomic E-state index is 11.2. The predicted molar refractivity (Wildman–Crippen MR) is 63.2 cm³/mol. The normalized spacial score (nSPS) is 35.5. The third kappa shape index (κ3) is 2.11. The van der Waals surface area contributed by atoms with Gasteiger partial charge in [0.2, 0.25) is 0 Å². The van der Waals surface area contributed by atoms with Gasteiger partial charge in [-0.15, -0.1) is 0 Å². The molecule has 7 N–H and O–H groups in total. The lowest BCUT2D eigenvalue weighted by molar-refractivity contribution is -0.245. The fourth-order valence-corrected chi connectivity index (χ4v) is 1.97. The molecular weight excluding hydrogens is 260 g/mol. The van der Waals surface area contributed by atoms with Gasteiger partial charge >= 0.3 is 0 Å². The smallest absolute Gasteiger partial charge is 0.253 e. The van der Waals surface area contributed by atoms with E-state index in [1.807, 2.05) is 0 Å². The van der Waals surface area contributed by atoms with Crippen LogP contribution >= 0.6 is 0 Å². The second-order valence-corrected chi connectivity index (χ2v) is 4.35. The largest absolute Gasteiger partial charge is 0.394 e. The summed E-state index contributed by atoms with van der Waals surface area (Å²) in [6.07, 6.45) is -5.70. The summed E-state index contributed by atoms with van der Waals surface area (Å²) in [5, 5.41) is 40.3. The van der Waals surface area contributed by atoms with Gasteiger partial charge in [0.05, 0.1) is 6.61 Å². The monoisotopic (exact) mass is 274 g/mol. The summed E-state index contributed by atoms with van der Waals surface area (Å²) in [6.45, 7) is -0.593. The molecule has 1 aliphatic heterocycles. The Morgan fingerprint density at radius 3 is 2.32 bits per heavy atom.